The van der Waals surface area contributed by atoms with E-state index in [2.05, 4.69) is 25.8 Å². The molecule has 0 bridgehead atoms. The first-order valence-corrected chi connectivity index (χ1v) is 18.0. The molecule has 4 amide bonds. The van der Waals surface area contributed by atoms with Crippen LogP contribution < -0.4 is 16.0 Å². The van der Waals surface area contributed by atoms with E-state index in [-0.39, 0.29) is 96.3 Å². The van der Waals surface area contributed by atoms with Gasteiger partial charge < -0.3 is 55.4 Å². The first-order valence-electron chi connectivity index (χ1n) is 18.0. The maximum absolute atomic E-state index is 12.7. The predicted octanol–water partition coefficient (Wildman–Crippen LogP) is -1.66. The van der Waals surface area contributed by atoms with Gasteiger partial charge in [-0.25, -0.2) is 4.79 Å². The Morgan fingerprint density at radius 1 is 0.654 bits per heavy atom. The summed E-state index contributed by atoms with van der Waals surface area (Å²) >= 11 is 0. The number of amides is 4. The van der Waals surface area contributed by atoms with Gasteiger partial charge in [-0.1, -0.05) is 0 Å². The molecule has 1 fully saturated rings. The molecule has 19 heteroatoms. The molecule has 0 spiro atoms. The van der Waals surface area contributed by atoms with Crippen molar-refractivity contribution < 1.29 is 53.6 Å². The van der Waals surface area contributed by atoms with Crippen molar-refractivity contribution >= 4 is 35.8 Å². The number of carbonyl (C=O) groups is 6. The van der Waals surface area contributed by atoms with Crippen molar-refractivity contribution in [3.63, 3.8) is 0 Å². The second-order valence-electron chi connectivity index (χ2n) is 13.0. The molecule has 0 radical (unpaired) electrons. The summed E-state index contributed by atoms with van der Waals surface area (Å²) in [5, 5.41) is 35.2. The molecule has 6 N–H and O–H groups in total. The van der Waals surface area contributed by atoms with Crippen molar-refractivity contribution in [1.29, 1.82) is 0 Å². The third kappa shape index (κ3) is 25.4. The topological polar surface area (TPSA) is 234 Å². The molecule has 0 aromatic rings. The third-order valence-electron chi connectivity index (χ3n) is 8.33. The molecule has 300 valence electrons. The van der Waals surface area contributed by atoms with Crippen molar-refractivity contribution in [2.75, 3.05) is 132 Å². The molecule has 0 unspecified atom stereocenters. The highest BCUT2D eigenvalue weighted by atomic mass is 16.5. The first-order chi connectivity index (χ1) is 24.7. The maximum Gasteiger partial charge on any atom is 0.317 e. The summed E-state index contributed by atoms with van der Waals surface area (Å²) in [6, 6.07) is -0.780. The number of ether oxygens (including phenoxy) is 2. The van der Waals surface area contributed by atoms with Gasteiger partial charge in [0.15, 0.2) is 0 Å². The highest BCUT2D eigenvalue weighted by molar-refractivity contribution is 5.78. The molecule has 1 saturated heterocycles. The monoisotopic (exact) mass is 746 g/mol. The lowest BCUT2D eigenvalue weighted by Crippen LogP contribution is -2.47. The normalized spacial score (nSPS) is 16.2. The summed E-state index contributed by atoms with van der Waals surface area (Å²) in [5.74, 6) is -3.26. The minimum atomic E-state index is -1.03. The number of urea groups is 1. The standard InChI is InChI=1S/C33H62N8O11/c1-27(6-7-30(44)45)36-33(50)35-9-4-5-29(43)41(11-8-31(46)47)20-22-52-24-23-51-21-10-34-28(42)25-39-16-14-37(2)12-13-38(3)15-17-40(19-18-39)26-32(48)49/h27H,4-26H2,1-3H3,(H,34,42)(H,44,45)(H,46,47)(H,48,49)(H2,35,36,50)/t27-/m1/s1. The Kier molecular flexibility index (Phi) is 24.9. The Bertz CT molecular complexity index is 1090. The average molecular weight is 747 g/mol. The molecule has 1 aliphatic heterocycles. The number of carboxylic acids is 3. The summed E-state index contributed by atoms with van der Waals surface area (Å²) in [4.78, 5) is 80.2. The fraction of sp³-hybridized carbons (Fsp3) is 0.818. The minimum Gasteiger partial charge on any atom is -0.481 e. The number of aliphatic carboxylic acids is 3. The maximum atomic E-state index is 12.7. The predicted molar refractivity (Wildman–Crippen MR) is 191 cm³/mol. The van der Waals surface area contributed by atoms with E-state index in [1.165, 1.54) is 4.90 Å². The van der Waals surface area contributed by atoms with Gasteiger partial charge in [0.05, 0.1) is 45.9 Å². The number of carboxylic acid groups (broad SMARTS) is 3. The van der Waals surface area contributed by atoms with Crippen LogP contribution in [-0.4, -0.2) is 214 Å². The number of nitrogens with one attached hydrogen (secondary N) is 3. The van der Waals surface area contributed by atoms with Crippen LogP contribution in [0.1, 0.15) is 39.0 Å². The summed E-state index contributed by atoms with van der Waals surface area (Å²) < 4.78 is 11.1. The second kappa shape index (κ2) is 28.0. The van der Waals surface area contributed by atoms with Crippen molar-refractivity contribution in [2.45, 2.75) is 45.1 Å². The summed E-state index contributed by atoms with van der Waals surface area (Å²) in [5.41, 5.74) is 0. The third-order valence-corrected chi connectivity index (χ3v) is 8.33. The van der Waals surface area contributed by atoms with Gasteiger partial charge in [-0.05, 0) is 33.9 Å². The zero-order valence-electron chi connectivity index (χ0n) is 31.2. The van der Waals surface area contributed by atoms with Gasteiger partial charge in [0.1, 0.15) is 0 Å². The molecule has 0 aromatic carbocycles. The minimum absolute atomic E-state index is 0.0229. The quantitative estimate of drug-likeness (QED) is 0.0607. The zero-order chi connectivity index (χ0) is 38.7. The molecular weight excluding hydrogens is 684 g/mol. The van der Waals surface area contributed by atoms with Crippen molar-refractivity contribution in [3.8, 4) is 0 Å². The molecule has 1 aliphatic rings. The van der Waals surface area contributed by atoms with Crippen LogP contribution in [0.5, 0.6) is 0 Å². The van der Waals surface area contributed by atoms with E-state index in [0.717, 1.165) is 26.2 Å². The van der Waals surface area contributed by atoms with Gasteiger partial charge in [-0.3, -0.25) is 33.8 Å². The average Bonchev–Trinajstić information content (AvgIpc) is 3.07. The Hall–Kier alpha value is -3.62. The molecule has 1 atom stereocenters. The van der Waals surface area contributed by atoms with E-state index in [9.17, 15) is 33.9 Å². The number of hydrogen-bond donors (Lipinski definition) is 6. The number of likely N-dealkylation sites (N-methyl/N-ethyl adjacent to an activating group) is 2. The Morgan fingerprint density at radius 2 is 1.21 bits per heavy atom. The summed E-state index contributed by atoms with van der Waals surface area (Å²) in [6.45, 7) is 9.24. The van der Waals surface area contributed by atoms with Crippen molar-refractivity contribution in [2.24, 2.45) is 0 Å². The first kappa shape index (κ1) is 46.4. The van der Waals surface area contributed by atoms with Gasteiger partial charge >= 0.3 is 23.9 Å². The van der Waals surface area contributed by atoms with E-state index < -0.39 is 23.9 Å². The van der Waals surface area contributed by atoms with Gasteiger partial charge in [0.25, 0.3) is 0 Å². The van der Waals surface area contributed by atoms with Crippen LogP contribution in [0.15, 0.2) is 0 Å². The van der Waals surface area contributed by atoms with E-state index >= 15 is 0 Å². The second-order valence-corrected chi connectivity index (χ2v) is 13.0. The molecule has 0 aliphatic carbocycles. The smallest absolute Gasteiger partial charge is 0.317 e. The fourth-order valence-electron chi connectivity index (χ4n) is 5.10. The van der Waals surface area contributed by atoms with E-state index in [0.29, 0.717) is 45.6 Å². The van der Waals surface area contributed by atoms with Crippen molar-refractivity contribution in [1.82, 2.24) is 40.4 Å². The highest BCUT2D eigenvalue weighted by Crippen LogP contribution is 2.02. The van der Waals surface area contributed by atoms with Gasteiger partial charge in [0, 0.05) is 97.4 Å². The lowest BCUT2D eigenvalue weighted by molar-refractivity contribution is -0.140. The van der Waals surface area contributed by atoms with Crippen LogP contribution in [0.2, 0.25) is 0 Å². The molecular formula is C33H62N8O11. The summed E-state index contributed by atoms with van der Waals surface area (Å²) in [6.07, 6.45) is 0.451. The largest absolute Gasteiger partial charge is 0.481 e. The Balaban J connectivity index is 2.32. The molecule has 19 nitrogen and oxygen atoms in total. The lowest BCUT2D eigenvalue weighted by Gasteiger charge is -2.31. The van der Waals surface area contributed by atoms with Crippen molar-refractivity contribution in [3.05, 3.63) is 0 Å². The number of hydrogen-bond acceptors (Lipinski definition) is 12. The van der Waals surface area contributed by atoms with Crippen LogP contribution >= 0.6 is 0 Å². The van der Waals surface area contributed by atoms with Gasteiger partial charge in [-0.2, -0.15) is 0 Å². The molecule has 1 rings (SSSR count). The van der Waals surface area contributed by atoms with Crippen LogP contribution in [0, 0.1) is 0 Å². The van der Waals surface area contributed by atoms with Crippen LogP contribution in [0.25, 0.3) is 0 Å². The molecule has 1 heterocycles. The highest BCUT2D eigenvalue weighted by Gasteiger charge is 2.18. The fourth-order valence-corrected chi connectivity index (χ4v) is 5.10. The molecule has 0 saturated carbocycles. The van der Waals surface area contributed by atoms with E-state index in [1.54, 1.807) is 6.92 Å². The molecule has 0 aromatic heterocycles. The Labute approximate surface area is 306 Å². The van der Waals surface area contributed by atoms with Gasteiger partial charge in [-0.15, -0.1) is 0 Å². The number of nitrogens with zero attached hydrogens (tertiary/aromatic N) is 5. The van der Waals surface area contributed by atoms with Gasteiger partial charge in [0.2, 0.25) is 11.8 Å². The van der Waals surface area contributed by atoms with E-state index in [4.69, 9.17) is 19.7 Å². The van der Waals surface area contributed by atoms with E-state index in [1.807, 2.05) is 23.9 Å². The Morgan fingerprint density at radius 3 is 1.81 bits per heavy atom. The van der Waals surface area contributed by atoms with Crippen LogP contribution in [0.3, 0.4) is 0 Å². The number of carbonyl (C=O) groups excluding carboxylic acids is 3. The van der Waals surface area contributed by atoms with Crippen LogP contribution in [0.4, 0.5) is 4.79 Å². The summed E-state index contributed by atoms with van der Waals surface area (Å²) in [7, 11) is 4.08. The lowest BCUT2D eigenvalue weighted by atomic mass is 10.2. The SMILES string of the molecule is C[C@H](CCC(=O)O)NC(=O)NCCCC(=O)N(CCOCCOCCNC(=O)CN1CCN(C)CCN(C)CCN(CC(=O)O)CC1)CCC(=O)O. The number of rotatable bonds is 24. The molecule has 52 heavy (non-hydrogen) atoms. The van der Waals surface area contributed by atoms with Crippen LogP contribution in [-0.2, 0) is 33.4 Å². The zero-order valence-corrected chi connectivity index (χ0v) is 31.2.